The van der Waals surface area contributed by atoms with Gasteiger partial charge in [-0.25, -0.2) is 8.78 Å². The molecule has 2 aromatic rings. The third-order valence-electron chi connectivity index (χ3n) is 4.44. The summed E-state index contributed by atoms with van der Waals surface area (Å²) in [6.45, 7) is 0.652. The average Bonchev–Trinajstić information content (AvgIpc) is 3.00. The Morgan fingerprint density at radius 1 is 1.12 bits per heavy atom. The third kappa shape index (κ3) is 4.45. The van der Waals surface area contributed by atoms with E-state index in [4.69, 9.17) is 0 Å². The highest BCUT2D eigenvalue weighted by molar-refractivity contribution is 6.00. The van der Waals surface area contributed by atoms with E-state index in [1.54, 1.807) is 0 Å². The molecule has 2 aromatic carbocycles. The van der Waals surface area contributed by atoms with E-state index in [0.717, 1.165) is 31.0 Å². The normalized spacial score (nSPS) is 16.8. The molecule has 2 amide bonds. The van der Waals surface area contributed by atoms with E-state index < -0.39 is 17.6 Å². The topological polar surface area (TPSA) is 49.4 Å². The second-order valence-corrected chi connectivity index (χ2v) is 6.41. The minimum atomic E-state index is -0.749. The monoisotopic (exact) mass is 358 g/mol. The highest BCUT2D eigenvalue weighted by Gasteiger charge is 2.35. The lowest BCUT2D eigenvalue weighted by Crippen LogP contribution is -2.33. The van der Waals surface area contributed by atoms with Gasteiger partial charge in [-0.2, -0.15) is 0 Å². The summed E-state index contributed by atoms with van der Waals surface area (Å²) in [5.41, 5.74) is 1.35. The Morgan fingerprint density at radius 3 is 2.50 bits per heavy atom. The van der Waals surface area contributed by atoms with Crippen molar-refractivity contribution in [3.8, 4) is 0 Å². The van der Waals surface area contributed by atoms with Crippen LogP contribution in [0.15, 0.2) is 48.5 Å². The van der Waals surface area contributed by atoms with Gasteiger partial charge in [-0.05, 0) is 30.5 Å². The molecule has 1 aliphatic rings. The van der Waals surface area contributed by atoms with Crippen LogP contribution >= 0.6 is 0 Å². The molecular weight excluding hydrogens is 338 g/mol. The Bertz CT molecular complexity index is 775. The molecule has 1 unspecified atom stereocenters. The molecule has 0 radical (unpaired) electrons. The first kappa shape index (κ1) is 18.0. The number of hydrogen-bond donors (Lipinski definition) is 1. The number of hydrogen-bond acceptors (Lipinski definition) is 2. The highest BCUT2D eigenvalue weighted by Crippen LogP contribution is 2.26. The molecule has 1 N–H and O–H groups in total. The molecular formula is C20H20F2N2O2. The predicted octanol–water partition coefficient (Wildman–Crippen LogP) is 3.07. The van der Waals surface area contributed by atoms with E-state index in [1.807, 2.05) is 30.3 Å². The number of carbonyl (C=O) groups is 2. The number of nitrogens with zero attached hydrogens (tertiary/aromatic N) is 1. The van der Waals surface area contributed by atoms with Crippen LogP contribution in [0, 0.1) is 17.6 Å². The lowest BCUT2D eigenvalue weighted by molar-refractivity contribution is -0.126. The standard InChI is InChI=1S/C20H20F2N2O2/c21-16-10-17(22)12-18(11-16)24-13-15(9-19(24)25)20(26)23-8-4-7-14-5-2-1-3-6-14/h1-3,5-6,10-12,15H,4,7-9,13H2,(H,23,26). The first-order chi connectivity index (χ1) is 12.5. The van der Waals surface area contributed by atoms with Crippen LogP contribution in [-0.4, -0.2) is 24.9 Å². The Morgan fingerprint density at radius 2 is 1.81 bits per heavy atom. The van der Waals surface area contributed by atoms with Crippen molar-refractivity contribution in [1.29, 1.82) is 0 Å². The van der Waals surface area contributed by atoms with Crippen molar-refractivity contribution in [3.63, 3.8) is 0 Å². The van der Waals surface area contributed by atoms with Crippen molar-refractivity contribution < 1.29 is 18.4 Å². The maximum Gasteiger partial charge on any atom is 0.227 e. The quantitative estimate of drug-likeness (QED) is 0.807. The summed E-state index contributed by atoms with van der Waals surface area (Å²) in [5.74, 6) is -2.51. The van der Waals surface area contributed by atoms with Crippen molar-refractivity contribution in [3.05, 3.63) is 65.7 Å². The fourth-order valence-electron chi connectivity index (χ4n) is 3.12. The van der Waals surface area contributed by atoms with Gasteiger partial charge in [-0.3, -0.25) is 9.59 Å². The highest BCUT2D eigenvalue weighted by atomic mass is 19.1. The van der Waals surface area contributed by atoms with E-state index in [1.165, 1.54) is 10.5 Å². The van der Waals surface area contributed by atoms with Crippen LogP contribution in [0.2, 0.25) is 0 Å². The van der Waals surface area contributed by atoms with Crippen molar-refractivity contribution in [2.45, 2.75) is 19.3 Å². The molecule has 4 nitrogen and oxygen atoms in total. The summed E-state index contributed by atoms with van der Waals surface area (Å²) in [6.07, 6.45) is 1.71. The first-order valence-electron chi connectivity index (χ1n) is 8.61. The van der Waals surface area contributed by atoms with Crippen LogP contribution in [0.4, 0.5) is 14.5 Å². The van der Waals surface area contributed by atoms with E-state index in [2.05, 4.69) is 5.32 Å². The molecule has 1 heterocycles. The Labute approximate surface area is 150 Å². The largest absolute Gasteiger partial charge is 0.356 e. The zero-order valence-corrected chi connectivity index (χ0v) is 14.3. The predicted molar refractivity (Wildman–Crippen MR) is 94.6 cm³/mol. The van der Waals surface area contributed by atoms with Crippen molar-refractivity contribution >= 4 is 17.5 Å². The summed E-state index contributed by atoms with van der Waals surface area (Å²) in [4.78, 5) is 25.7. The lowest BCUT2D eigenvalue weighted by Gasteiger charge is -2.17. The fraction of sp³-hybridized carbons (Fsp3) is 0.300. The lowest BCUT2D eigenvalue weighted by atomic mass is 10.1. The molecule has 0 aromatic heterocycles. The van der Waals surface area contributed by atoms with E-state index in [-0.39, 0.29) is 30.5 Å². The second-order valence-electron chi connectivity index (χ2n) is 6.41. The zero-order chi connectivity index (χ0) is 18.5. The van der Waals surface area contributed by atoms with Crippen LogP contribution in [0.5, 0.6) is 0 Å². The maximum atomic E-state index is 13.4. The van der Waals surface area contributed by atoms with Crippen molar-refractivity contribution in [2.75, 3.05) is 18.0 Å². The van der Waals surface area contributed by atoms with Gasteiger partial charge in [-0.1, -0.05) is 30.3 Å². The fourth-order valence-corrected chi connectivity index (χ4v) is 3.12. The number of benzene rings is 2. The smallest absolute Gasteiger partial charge is 0.227 e. The number of rotatable bonds is 6. The van der Waals surface area contributed by atoms with Gasteiger partial charge < -0.3 is 10.2 Å². The van der Waals surface area contributed by atoms with Crippen LogP contribution in [-0.2, 0) is 16.0 Å². The molecule has 0 spiro atoms. The van der Waals surface area contributed by atoms with Gasteiger partial charge in [0.15, 0.2) is 0 Å². The third-order valence-corrected chi connectivity index (χ3v) is 4.44. The SMILES string of the molecule is O=C(NCCCc1ccccc1)C1CC(=O)N(c2cc(F)cc(F)c2)C1. The molecule has 0 saturated carbocycles. The van der Waals surface area contributed by atoms with Gasteiger partial charge in [-0.15, -0.1) is 0 Å². The van der Waals surface area contributed by atoms with Gasteiger partial charge in [0.2, 0.25) is 11.8 Å². The first-order valence-corrected chi connectivity index (χ1v) is 8.61. The Kier molecular flexibility index (Phi) is 5.61. The van der Waals surface area contributed by atoms with E-state index >= 15 is 0 Å². The summed E-state index contributed by atoms with van der Waals surface area (Å²) < 4.78 is 26.7. The molecule has 1 saturated heterocycles. The minimum Gasteiger partial charge on any atom is -0.356 e. The van der Waals surface area contributed by atoms with E-state index in [9.17, 15) is 18.4 Å². The average molecular weight is 358 g/mol. The van der Waals surface area contributed by atoms with Gasteiger partial charge in [0, 0.05) is 31.3 Å². The number of amides is 2. The molecule has 1 aliphatic heterocycles. The van der Waals surface area contributed by atoms with Crippen LogP contribution in [0.3, 0.4) is 0 Å². The number of carbonyl (C=O) groups excluding carboxylic acids is 2. The van der Waals surface area contributed by atoms with Crippen LogP contribution < -0.4 is 10.2 Å². The van der Waals surface area contributed by atoms with Crippen molar-refractivity contribution in [2.24, 2.45) is 5.92 Å². The number of aryl methyl sites for hydroxylation is 1. The molecule has 26 heavy (non-hydrogen) atoms. The summed E-state index contributed by atoms with van der Waals surface area (Å²) >= 11 is 0. The molecule has 0 aliphatic carbocycles. The second kappa shape index (κ2) is 8.08. The number of anilines is 1. The van der Waals surface area contributed by atoms with Crippen LogP contribution in [0.1, 0.15) is 18.4 Å². The number of nitrogens with one attached hydrogen (secondary N) is 1. The molecule has 1 atom stereocenters. The van der Waals surface area contributed by atoms with E-state index in [0.29, 0.717) is 6.54 Å². The summed E-state index contributed by atoms with van der Waals surface area (Å²) in [7, 11) is 0. The minimum absolute atomic E-state index is 0.0443. The summed E-state index contributed by atoms with van der Waals surface area (Å²) in [6, 6.07) is 12.9. The van der Waals surface area contributed by atoms with Gasteiger partial charge in [0.05, 0.1) is 5.92 Å². The molecule has 6 heteroatoms. The maximum absolute atomic E-state index is 13.4. The molecule has 3 rings (SSSR count). The number of halogens is 2. The van der Waals surface area contributed by atoms with Gasteiger partial charge in [0.1, 0.15) is 11.6 Å². The molecule has 1 fully saturated rings. The molecule has 0 bridgehead atoms. The summed E-state index contributed by atoms with van der Waals surface area (Å²) in [5, 5.41) is 2.84. The van der Waals surface area contributed by atoms with Gasteiger partial charge >= 0.3 is 0 Å². The van der Waals surface area contributed by atoms with Crippen LogP contribution in [0.25, 0.3) is 0 Å². The van der Waals surface area contributed by atoms with Crippen molar-refractivity contribution in [1.82, 2.24) is 5.32 Å². The zero-order valence-electron chi connectivity index (χ0n) is 14.3. The molecule has 136 valence electrons. The Hall–Kier alpha value is -2.76. The van der Waals surface area contributed by atoms with Gasteiger partial charge in [0.25, 0.3) is 0 Å². The Balaban J connectivity index is 1.50.